The number of carbonyl (C=O) groups excluding carboxylic acids is 5. The van der Waals surface area contributed by atoms with Gasteiger partial charge in [-0.1, -0.05) is 18.2 Å². The first kappa shape index (κ1) is 22.5. The molecule has 32 heavy (non-hydrogen) atoms. The molecule has 4 N–H and O–H groups in total. The second kappa shape index (κ2) is 10.2. The lowest BCUT2D eigenvalue weighted by atomic mass is 10.0. The first-order valence-corrected chi connectivity index (χ1v) is 9.81. The highest BCUT2D eigenvalue weighted by molar-refractivity contribution is 6.06. The lowest BCUT2D eigenvalue weighted by Crippen LogP contribution is -2.52. The zero-order valence-corrected chi connectivity index (χ0v) is 17.3. The molecule has 10 nitrogen and oxygen atoms in total. The van der Waals surface area contributed by atoms with Gasteiger partial charge >= 0.3 is 6.03 Å². The molecule has 2 aromatic rings. The van der Waals surface area contributed by atoms with Crippen molar-refractivity contribution in [2.75, 3.05) is 12.4 Å². The SMILES string of the molecule is COc1ccccc1NC(=O)NCc1ccc(C(=O)NC2CCC(=O)NC2=O)c(C=O)c1. The molecule has 5 amide bonds. The van der Waals surface area contributed by atoms with E-state index < -0.39 is 23.9 Å². The van der Waals surface area contributed by atoms with Gasteiger partial charge in [0.1, 0.15) is 11.8 Å². The van der Waals surface area contributed by atoms with Crippen LogP contribution in [0.15, 0.2) is 42.5 Å². The number of rotatable bonds is 7. The monoisotopic (exact) mass is 438 g/mol. The van der Waals surface area contributed by atoms with E-state index in [4.69, 9.17) is 4.74 Å². The smallest absolute Gasteiger partial charge is 0.319 e. The van der Waals surface area contributed by atoms with E-state index in [2.05, 4.69) is 21.3 Å². The summed E-state index contributed by atoms with van der Waals surface area (Å²) in [5.41, 5.74) is 1.30. The fourth-order valence-electron chi connectivity index (χ4n) is 3.19. The van der Waals surface area contributed by atoms with Gasteiger partial charge in [0.15, 0.2) is 6.29 Å². The highest BCUT2D eigenvalue weighted by Crippen LogP contribution is 2.22. The highest BCUT2D eigenvalue weighted by Gasteiger charge is 2.28. The van der Waals surface area contributed by atoms with Crippen LogP contribution in [0.2, 0.25) is 0 Å². The molecule has 0 radical (unpaired) electrons. The van der Waals surface area contributed by atoms with Crippen molar-refractivity contribution < 1.29 is 28.7 Å². The van der Waals surface area contributed by atoms with Crippen LogP contribution in [0, 0.1) is 0 Å². The van der Waals surface area contributed by atoms with Crippen LogP contribution in [-0.2, 0) is 16.1 Å². The zero-order chi connectivity index (χ0) is 23.1. The second-order valence-electron chi connectivity index (χ2n) is 7.02. The van der Waals surface area contributed by atoms with Crippen molar-refractivity contribution in [3.63, 3.8) is 0 Å². The third-order valence-corrected chi connectivity index (χ3v) is 4.84. The number of amides is 5. The number of piperidine rings is 1. The summed E-state index contributed by atoms with van der Waals surface area (Å²) in [6.45, 7) is 0.108. The van der Waals surface area contributed by atoms with Gasteiger partial charge in [-0.25, -0.2) is 4.79 Å². The minimum Gasteiger partial charge on any atom is -0.495 e. The van der Waals surface area contributed by atoms with Crippen LogP contribution in [0.5, 0.6) is 5.75 Å². The lowest BCUT2D eigenvalue weighted by molar-refractivity contribution is -0.134. The van der Waals surface area contributed by atoms with E-state index in [0.29, 0.717) is 23.3 Å². The van der Waals surface area contributed by atoms with Crippen LogP contribution in [-0.4, -0.2) is 43.2 Å². The molecule has 1 atom stereocenters. The van der Waals surface area contributed by atoms with Crippen molar-refractivity contribution in [1.82, 2.24) is 16.0 Å². The molecule has 1 aliphatic heterocycles. The molecule has 1 aliphatic rings. The van der Waals surface area contributed by atoms with Crippen LogP contribution >= 0.6 is 0 Å². The van der Waals surface area contributed by atoms with Gasteiger partial charge in [-0.15, -0.1) is 0 Å². The summed E-state index contributed by atoms with van der Waals surface area (Å²) in [4.78, 5) is 59.3. The Morgan fingerprint density at radius 1 is 1.19 bits per heavy atom. The van der Waals surface area contributed by atoms with Crippen LogP contribution in [0.1, 0.15) is 39.1 Å². The largest absolute Gasteiger partial charge is 0.495 e. The highest BCUT2D eigenvalue weighted by atomic mass is 16.5. The van der Waals surface area contributed by atoms with Crippen LogP contribution in [0.25, 0.3) is 0 Å². The quantitative estimate of drug-likeness (QED) is 0.380. The predicted octanol–water partition coefficient (Wildman–Crippen LogP) is 1.36. The first-order chi connectivity index (χ1) is 15.4. The number of aldehydes is 1. The molecule has 1 fully saturated rings. The third-order valence-electron chi connectivity index (χ3n) is 4.84. The first-order valence-electron chi connectivity index (χ1n) is 9.81. The topological polar surface area (TPSA) is 143 Å². The Bertz CT molecular complexity index is 1070. The van der Waals surface area contributed by atoms with Crippen molar-refractivity contribution in [1.29, 1.82) is 0 Å². The minimum absolute atomic E-state index is 0.0897. The number of para-hydroxylation sites is 2. The van der Waals surface area contributed by atoms with Crippen LogP contribution in [0.3, 0.4) is 0 Å². The van der Waals surface area contributed by atoms with E-state index in [-0.39, 0.29) is 36.4 Å². The Morgan fingerprint density at radius 3 is 2.69 bits per heavy atom. The molecule has 0 spiro atoms. The zero-order valence-electron chi connectivity index (χ0n) is 17.3. The Labute approximate surface area is 183 Å². The molecule has 0 aromatic heterocycles. The van der Waals surface area contributed by atoms with E-state index in [1.54, 1.807) is 30.3 Å². The fourth-order valence-corrected chi connectivity index (χ4v) is 3.19. The Kier molecular flexibility index (Phi) is 7.17. The second-order valence-corrected chi connectivity index (χ2v) is 7.02. The molecule has 10 heteroatoms. The summed E-state index contributed by atoms with van der Waals surface area (Å²) in [5, 5.41) is 10.0. The number of nitrogens with one attached hydrogen (secondary N) is 4. The molecule has 0 bridgehead atoms. The summed E-state index contributed by atoms with van der Waals surface area (Å²) in [7, 11) is 1.50. The molecule has 2 aromatic carbocycles. The number of ether oxygens (including phenoxy) is 1. The molecule has 3 rings (SSSR count). The van der Waals surface area contributed by atoms with E-state index >= 15 is 0 Å². The summed E-state index contributed by atoms with van der Waals surface area (Å²) in [5.74, 6) is -1.06. The maximum absolute atomic E-state index is 12.5. The van der Waals surface area contributed by atoms with Crippen molar-refractivity contribution >= 4 is 35.7 Å². The van der Waals surface area contributed by atoms with Gasteiger partial charge in [0.05, 0.1) is 12.8 Å². The van der Waals surface area contributed by atoms with Gasteiger partial charge in [0.2, 0.25) is 11.8 Å². The van der Waals surface area contributed by atoms with Crippen molar-refractivity contribution in [2.45, 2.75) is 25.4 Å². The van der Waals surface area contributed by atoms with Crippen molar-refractivity contribution in [3.8, 4) is 5.75 Å². The summed E-state index contributed by atoms with van der Waals surface area (Å²) in [6.07, 6.45) is 0.840. The molecule has 166 valence electrons. The number of hydrogen-bond acceptors (Lipinski definition) is 6. The molecule has 1 unspecified atom stereocenters. The van der Waals surface area contributed by atoms with Gasteiger partial charge in [0, 0.05) is 24.1 Å². The number of urea groups is 1. The maximum atomic E-state index is 12.5. The number of methoxy groups -OCH3 is 1. The molecule has 1 heterocycles. The average molecular weight is 438 g/mol. The number of benzene rings is 2. The van der Waals surface area contributed by atoms with Gasteiger partial charge in [-0.2, -0.15) is 0 Å². The molecular formula is C22H22N4O6. The van der Waals surface area contributed by atoms with E-state index in [1.165, 1.54) is 19.2 Å². The maximum Gasteiger partial charge on any atom is 0.319 e. The van der Waals surface area contributed by atoms with Gasteiger partial charge in [-0.05, 0) is 36.2 Å². The lowest BCUT2D eigenvalue weighted by Gasteiger charge is -2.22. The summed E-state index contributed by atoms with van der Waals surface area (Å²) in [6, 6.07) is 10.1. The summed E-state index contributed by atoms with van der Waals surface area (Å²) < 4.78 is 5.18. The Hall–Kier alpha value is -4.21. The predicted molar refractivity (Wildman–Crippen MR) is 114 cm³/mol. The molecular weight excluding hydrogens is 416 g/mol. The van der Waals surface area contributed by atoms with Gasteiger partial charge in [-0.3, -0.25) is 24.5 Å². The minimum atomic E-state index is -0.847. The van der Waals surface area contributed by atoms with Gasteiger partial charge < -0.3 is 20.7 Å². The van der Waals surface area contributed by atoms with E-state index in [1.807, 2.05) is 0 Å². The molecule has 0 aliphatic carbocycles. The van der Waals surface area contributed by atoms with Crippen molar-refractivity contribution in [2.24, 2.45) is 0 Å². The fraction of sp³-hybridized carbons (Fsp3) is 0.227. The third kappa shape index (κ3) is 5.48. The Morgan fingerprint density at radius 2 is 1.97 bits per heavy atom. The van der Waals surface area contributed by atoms with Crippen molar-refractivity contribution in [3.05, 3.63) is 59.2 Å². The number of hydrogen-bond donors (Lipinski definition) is 4. The summed E-state index contributed by atoms with van der Waals surface area (Å²) >= 11 is 0. The number of imide groups is 1. The number of carbonyl (C=O) groups is 5. The molecule has 0 saturated carbocycles. The standard InChI is InChI=1S/C22H22N4O6/c1-32-18-5-3-2-4-16(18)25-22(31)23-11-13-6-7-15(14(10-13)12-27)20(29)24-17-8-9-19(28)26-21(17)30/h2-7,10,12,17H,8-9,11H2,1H3,(H,24,29)(H2,23,25,31)(H,26,28,30). The van der Waals surface area contributed by atoms with E-state index in [9.17, 15) is 24.0 Å². The van der Waals surface area contributed by atoms with Crippen LogP contribution < -0.4 is 26.0 Å². The van der Waals surface area contributed by atoms with Crippen LogP contribution in [0.4, 0.5) is 10.5 Å². The van der Waals surface area contributed by atoms with E-state index in [0.717, 1.165) is 0 Å². The average Bonchev–Trinajstić information content (AvgIpc) is 2.79. The normalized spacial score (nSPS) is 15.3. The van der Waals surface area contributed by atoms with Gasteiger partial charge in [0.25, 0.3) is 5.91 Å². The Balaban J connectivity index is 1.61. The number of anilines is 1. The molecule has 1 saturated heterocycles.